The van der Waals surface area contributed by atoms with Gasteiger partial charge in [0.2, 0.25) is 11.6 Å². The van der Waals surface area contributed by atoms with Crippen molar-refractivity contribution in [2.24, 2.45) is 5.10 Å². The summed E-state index contributed by atoms with van der Waals surface area (Å²) in [5.74, 6) is -0.508. The fourth-order valence-corrected chi connectivity index (χ4v) is 4.18. The highest BCUT2D eigenvalue weighted by Crippen LogP contribution is 2.29. The first-order chi connectivity index (χ1) is 17.9. The summed E-state index contributed by atoms with van der Waals surface area (Å²) in [5.41, 5.74) is 11.8. The molecule has 0 aliphatic carbocycles. The second-order valence-corrected chi connectivity index (χ2v) is 8.37. The number of fused-ring (bicyclic) bond motifs is 1. The molecule has 188 valence electrons. The van der Waals surface area contributed by atoms with E-state index in [-0.39, 0.29) is 29.6 Å². The van der Waals surface area contributed by atoms with Crippen LogP contribution in [0, 0.1) is 10.1 Å². The Hall–Kier alpha value is -5.14. The molecule has 0 spiro atoms. The van der Waals surface area contributed by atoms with Gasteiger partial charge in [-0.25, -0.2) is 10.1 Å². The lowest BCUT2D eigenvalue weighted by molar-refractivity contribution is -0.384. The van der Waals surface area contributed by atoms with Gasteiger partial charge in [0.1, 0.15) is 0 Å². The van der Waals surface area contributed by atoms with Crippen LogP contribution in [0.25, 0.3) is 5.82 Å². The lowest BCUT2D eigenvalue weighted by atomic mass is 10.0. The van der Waals surface area contributed by atoms with Crippen LogP contribution in [0.2, 0.25) is 0 Å². The van der Waals surface area contributed by atoms with Crippen LogP contribution in [0.5, 0.6) is 0 Å². The summed E-state index contributed by atoms with van der Waals surface area (Å²) in [5, 5.41) is 30.8. The van der Waals surface area contributed by atoms with Gasteiger partial charge < -0.3 is 10.6 Å². The predicted octanol–water partition coefficient (Wildman–Crippen LogP) is 2.25. The van der Waals surface area contributed by atoms with Gasteiger partial charge in [0.05, 0.1) is 22.9 Å². The molecule has 0 bridgehead atoms. The second kappa shape index (κ2) is 9.85. The van der Waals surface area contributed by atoms with Gasteiger partial charge in [0, 0.05) is 29.9 Å². The number of hydrazone groups is 1. The van der Waals surface area contributed by atoms with Crippen molar-refractivity contribution >= 4 is 28.8 Å². The molecule has 1 aliphatic rings. The number of amides is 1. The molecule has 1 aliphatic heterocycles. The van der Waals surface area contributed by atoms with Crippen LogP contribution in [0.15, 0.2) is 58.3 Å². The summed E-state index contributed by atoms with van der Waals surface area (Å²) in [7, 11) is 0. The maximum Gasteiger partial charge on any atom is 0.293 e. The monoisotopic (exact) mass is 502 g/mol. The van der Waals surface area contributed by atoms with Crippen LogP contribution in [-0.4, -0.2) is 48.4 Å². The van der Waals surface area contributed by atoms with E-state index < -0.39 is 10.8 Å². The third-order valence-electron chi connectivity index (χ3n) is 6.02. The fraction of sp³-hybridized carbons (Fsp3) is 0.217. The fourth-order valence-electron chi connectivity index (χ4n) is 4.18. The van der Waals surface area contributed by atoms with E-state index in [9.17, 15) is 14.9 Å². The van der Waals surface area contributed by atoms with Crippen LogP contribution in [0.4, 0.5) is 17.2 Å². The molecule has 0 unspecified atom stereocenters. The molecule has 4 aromatic rings. The Morgan fingerprint density at radius 3 is 2.86 bits per heavy atom. The number of nitrogen functional groups attached to an aromatic ring is 1. The van der Waals surface area contributed by atoms with E-state index in [0.29, 0.717) is 17.0 Å². The van der Waals surface area contributed by atoms with Gasteiger partial charge in [0.25, 0.3) is 11.6 Å². The summed E-state index contributed by atoms with van der Waals surface area (Å²) in [4.78, 5) is 25.9. The van der Waals surface area contributed by atoms with Gasteiger partial charge in [-0.15, -0.1) is 5.10 Å². The minimum atomic E-state index is -0.619. The van der Waals surface area contributed by atoms with E-state index in [1.54, 1.807) is 19.1 Å². The molecule has 0 radical (unpaired) electrons. The molecule has 1 amide bonds. The number of hydrogen-bond acceptors (Lipinski definition) is 11. The SMILES string of the molecule is C/C(=N\NC(=O)c1nnn(-c2nonc2N)c1CN1CCCc2ccccc21)c1cccc([N+](=O)[O-])c1. The number of nitrogens with two attached hydrogens (primary N) is 1. The number of nitro benzene ring substituents is 1. The highest BCUT2D eigenvalue weighted by molar-refractivity contribution is 6.01. The number of aromatic nitrogens is 5. The van der Waals surface area contributed by atoms with E-state index in [2.05, 4.69) is 42.1 Å². The zero-order valence-corrected chi connectivity index (χ0v) is 19.7. The number of benzene rings is 2. The summed E-state index contributed by atoms with van der Waals surface area (Å²) in [6.07, 6.45) is 1.91. The minimum absolute atomic E-state index is 0.00307. The predicted molar refractivity (Wildman–Crippen MR) is 132 cm³/mol. The van der Waals surface area contributed by atoms with Crippen LogP contribution < -0.4 is 16.1 Å². The molecular formula is C23H22N10O4. The molecule has 0 fully saturated rings. The zero-order chi connectivity index (χ0) is 25.9. The Balaban J connectivity index is 1.46. The van der Waals surface area contributed by atoms with Crippen molar-refractivity contribution in [1.29, 1.82) is 0 Å². The van der Waals surface area contributed by atoms with Gasteiger partial charge in [-0.2, -0.15) is 9.78 Å². The number of non-ortho nitro benzene ring substituents is 1. The van der Waals surface area contributed by atoms with E-state index in [4.69, 9.17) is 10.4 Å². The van der Waals surface area contributed by atoms with Crippen molar-refractivity contribution in [3.63, 3.8) is 0 Å². The Morgan fingerprint density at radius 2 is 2.08 bits per heavy atom. The summed E-state index contributed by atoms with van der Waals surface area (Å²) >= 11 is 0. The first kappa shape index (κ1) is 23.6. The molecule has 14 nitrogen and oxygen atoms in total. The lowest BCUT2D eigenvalue weighted by Gasteiger charge is -2.31. The largest absolute Gasteiger partial charge is 0.378 e. The number of nitrogens with one attached hydrogen (secondary N) is 1. The van der Waals surface area contributed by atoms with Crippen molar-refractivity contribution in [2.75, 3.05) is 17.2 Å². The molecular weight excluding hydrogens is 480 g/mol. The minimum Gasteiger partial charge on any atom is -0.378 e. The standard InChI is InChI=1S/C23H22N10O4/c1-14(16-7-4-9-17(12-16)33(35)36)25-27-23(34)20-19(32(30-26-20)22-21(24)28-37-29-22)13-31-11-5-8-15-6-2-3-10-18(15)31/h2-4,6-7,9-10,12H,5,8,11,13H2,1H3,(H2,24,28)(H,27,34)/b25-14+. The van der Waals surface area contributed by atoms with E-state index >= 15 is 0 Å². The molecule has 2 aromatic carbocycles. The molecule has 3 heterocycles. The quantitative estimate of drug-likeness (QED) is 0.216. The van der Waals surface area contributed by atoms with Gasteiger partial charge >= 0.3 is 0 Å². The van der Waals surface area contributed by atoms with Crippen LogP contribution in [-0.2, 0) is 13.0 Å². The number of nitrogens with zero attached hydrogens (tertiary/aromatic N) is 8. The number of carbonyl (C=O) groups excluding carboxylic acids is 1. The zero-order valence-electron chi connectivity index (χ0n) is 19.7. The summed E-state index contributed by atoms with van der Waals surface area (Å²) < 4.78 is 6.06. The average Bonchev–Trinajstić information content (AvgIpc) is 3.52. The Morgan fingerprint density at radius 1 is 1.24 bits per heavy atom. The Labute approximate surface area is 209 Å². The van der Waals surface area contributed by atoms with E-state index in [0.717, 1.165) is 25.1 Å². The second-order valence-electron chi connectivity index (χ2n) is 8.37. The van der Waals surface area contributed by atoms with Gasteiger partial charge in [-0.3, -0.25) is 14.9 Å². The number of anilines is 2. The highest BCUT2D eigenvalue weighted by Gasteiger charge is 2.27. The molecule has 0 saturated heterocycles. The molecule has 5 rings (SSSR count). The number of nitro groups is 1. The normalized spacial score (nSPS) is 13.3. The molecule has 14 heteroatoms. The van der Waals surface area contributed by atoms with E-state index in [1.807, 2.05) is 18.2 Å². The van der Waals surface area contributed by atoms with Crippen LogP contribution in [0.1, 0.15) is 40.7 Å². The summed E-state index contributed by atoms with van der Waals surface area (Å²) in [6.45, 7) is 2.68. The molecule has 37 heavy (non-hydrogen) atoms. The number of aryl methyl sites for hydroxylation is 1. The first-order valence-corrected chi connectivity index (χ1v) is 11.4. The third-order valence-corrected chi connectivity index (χ3v) is 6.02. The molecule has 2 aromatic heterocycles. The van der Waals surface area contributed by atoms with Crippen molar-refractivity contribution < 1.29 is 14.3 Å². The van der Waals surface area contributed by atoms with Crippen molar-refractivity contribution in [3.8, 4) is 5.82 Å². The van der Waals surface area contributed by atoms with Crippen LogP contribution in [0.3, 0.4) is 0 Å². The van der Waals surface area contributed by atoms with Gasteiger partial charge in [0.15, 0.2) is 5.69 Å². The Kier molecular flexibility index (Phi) is 6.28. The van der Waals surface area contributed by atoms with Gasteiger partial charge in [-0.1, -0.05) is 35.5 Å². The molecule has 0 saturated carbocycles. The molecule has 0 atom stereocenters. The number of para-hydroxylation sites is 1. The first-order valence-electron chi connectivity index (χ1n) is 11.4. The summed E-state index contributed by atoms with van der Waals surface area (Å²) in [6, 6.07) is 14.0. The average molecular weight is 502 g/mol. The third kappa shape index (κ3) is 4.71. The van der Waals surface area contributed by atoms with Crippen LogP contribution >= 0.6 is 0 Å². The number of hydrogen-bond donors (Lipinski definition) is 2. The van der Waals surface area contributed by atoms with Crippen molar-refractivity contribution in [3.05, 3.63) is 81.2 Å². The Bertz CT molecular complexity index is 1510. The van der Waals surface area contributed by atoms with Crippen molar-refractivity contribution in [2.45, 2.75) is 26.3 Å². The highest BCUT2D eigenvalue weighted by atomic mass is 16.6. The van der Waals surface area contributed by atoms with Crippen molar-refractivity contribution in [1.82, 2.24) is 30.7 Å². The smallest absolute Gasteiger partial charge is 0.293 e. The topological polar surface area (TPSA) is 183 Å². The lowest BCUT2D eigenvalue weighted by Crippen LogP contribution is -2.31. The van der Waals surface area contributed by atoms with Gasteiger partial charge in [-0.05, 0) is 41.7 Å². The maximum absolute atomic E-state index is 13.2. The van der Waals surface area contributed by atoms with E-state index in [1.165, 1.54) is 22.4 Å². The number of rotatable bonds is 7. The number of carbonyl (C=O) groups is 1. The maximum atomic E-state index is 13.2. The molecule has 3 N–H and O–H groups in total.